The number of hydrogen-bond acceptors (Lipinski definition) is 1. The van der Waals surface area contributed by atoms with Crippen molar-refractivity contribution in [3.05, 3.63) is 200 Å². The van der Waals surface area contributed by atoms with E-state index in [9.17, 15) is 0 Å². The van der Waals surface area contributed by atoms with Gasteiger partial charge in [-0.25, -0.2) is 0 Å². The van der Waals surface area contributed by atoms with E-state index >= 15 is 0 Å². The number of benzene rings is 8. The Kier molecular flexibility index (Phi) is 7.05. The first-order valence-corrected chi connectivity index (χ1v) is 19.8. The minimum Gasteiger partial charge on any atom is -0.456 e. The van der Waals surface area contributed by atoms with Crippen LogP contribution in [0.2, 0.25) is 0 Å². The lowest BCUT2D eigenvalue weighted by molar-refractivity contribution is 0.668. The maximum Gasteiger partial charge on any atom is 0.138 e. The van der Waals surface area contributed by atoms with E-state index in [4.69, 9.17) is 4.42 Å². The summed E-state index contributed by atoms with van der Waals surface area (Å²) in [4.78, 5) is 0. The highest BCUT2D eigenvalue weighted by molar-refractivity contribution is 6.16. The molecule has 12 rings (SSSR count). The Balaban J connectivity index is 1.03. The van der Waals surface area contributed by atoms with Gasteiger partial charge in [0.2, 0.25) is 0 Å². The molecule has 0 unspecified atom stereocenters. The zero-order valence-electron chi connectivity index (χ0n) is 31.2. The maximum absolute atomic E-state index is 6.58. The molecule has 0 saturated heterocycles. The van der Waals surface area contributed by atoms with Gasteiger partial charge >= 0.3 is 0 Å². The Morgan fingerprint density at radius 2 is 0.982 bits per heavy atom. The number of nitrogens with zero attached hydrogens (tertiary/aromatic N) is 2. The van der Waals surface area contributed by atoms with Crippen molar-refractivity contribution >= 4 is 71.1 Å². The molecule has 3 heterocycles. The third kappa shape index (κ3) is 4.99. The highest BCUT2D eigenvalue weighted by Gasteiger charge is 2.21. The van der Waals surface area contributed by atoms with Crippen LogP contribution in [-0.2, 0) is 0 Å². The molecule has 1 aliphatic carbocycles. The average molecular weight is 729 g/mol. The molecule has 3 nitrogen and oxygen atoms in total. The van der Waals surface area contributed by atoms with Crippen LogP contribution in [0, 0.1) is 0 Å². The molecule has 3 aromatic heterocycles. The summed E-state index contributed by atoms with van der Waals surface area (Å²) in [6.07, 6.45) is 8.75. The number of furan rings is 1. The highest BCUT2D eigenvalue weighted by Crippen LogP contribution is 2.43. The third-order valence-corrected chi connectivity index (χ3v) is 12.0. The van der Waals surface area contributed by atoms with Gasteiger partial charge in [0.25, 0.3) is 0 Å². The number of rotatable bonds is 5. The van der Waals surface area contributed by atoms with Crippen LogP contribution >= 0.6 is 0 Å². The summed E-state index contributed by atoms with van der Waals surface area (Å²) < 4.78 is 11.4. The molecular formula is C54H36N2O. The lowest BCUT2D eigenvalue weighted by Crippen LogP contribution is -1.97. The van der Waals surface area contributed by atoms with E-state index in [-0.39, 0.29) is 0 Å². The van der Waals surface area contributed by atoms with Crippen molar-refractivity contribution < 1.29 is 4.42 Å². The van der Waals surface area contributed by atoms with Crippen molar-refractivity contribution in [2.75, 3.05) is 0 Å². The Labute approximate surface area is 329 Å². The molecule has 0 atom stereocenters. The van der Waals surface area contributed by atoms with Gasteiger partial charge in [0.1, 0.15) is 11.2 Å². The van der Waals surface area contributed by atoms with Crippen molar-refractivity contribution in [1.82, 2.24) is 9.13 Å². The fourth-order valence-corrected chi connectivity index (χ4v) is 9.31. The predicted octanol–water partition coefficient (Wildman–Crippen LogP) is 14.8. The molecular weight excluding hydrogens is 693 g/mol. The summed E-state index contributed by atoms with van der Waals surface area (Å²) in [5, 5.41) is 7.24. The van der Waals surface area contributed by atoms with Crippen LogP contribution in [0.3, 0.4) is 0 Å². The minimum atomic E-state index is 0.910. The summed E-state index contributed by atoms with van der Waals surface area (Å²) in [6, 6.07) is 64.1. The quantitative estimate of drug-likeness (QED) is 0.173. The topological polar surface area (TPSA) is 23.0 Å². The Morgan fingerprint density at radius 1 is 0.404 bits per heavy atom. The Hall–Kier alpha value is -7.36. The summed E-state index contributed by atoms with van der Waals surface area (Å²) in [5.74, 6) is 0. The fourth-order valence-electron chi connectivity index (χ4n) is 9.31. The third-order valence-electron chi connectivity index (χ3n) is 12.0. The van der Waals surface area contributed by atoms with E-state index in [1.165, 1.54) is 77.0 Å². The Bertz CT molecular complexity index is 3440. The summed E-state index contributed by atoms with van der Waals surface area (Å²) in [6.45, 7) is 0. The molecule has 0 aliphatic heterocycles. The van der Waals surface area contributed by atoms with Crippen molar-refractivity contribution in [3.63, 3.8) is 0 Å². The van der Waals surface area contributed by atoms with Gasteiger partial charge in [0, 0.05) is 32.6 Å². The second kappa shape index (κ2) is 12.6. The fraction of sp³-hybridized carbons (Fsp3) is 0.0370. The number of aromatic nitrogens is 2. The van der Waals surface area contributed by atoms with Crippen molar-refractivity contribution in [2.24, 2.45) is 0 Å². The van der Waals surface area contributed by atoms with E-state index in [0.717, 1.165) is 46.2 Å². The SMILES string of the molecule is C1=CCCC(c2cc(-n3c4ccccc4c4cc(-c5ccc6c(c5)c5ccccc5n6-c5ccc(-c6ccccc6)cc5)ccc43)c3c(c2)oc2ccccc23)=C1. The van der Waals surface area contributed by atoms with Gasteiger partial charge in [-0.15, -0.1) is 0 Å². The van der Waals surface area contributed by atoms with Crippen LogP contribution in [0.15, 0.2) is 199 Å². The zero-order valence-corrected chi connectivity index (χ0v) is 31.2. The van der Waals surface area contributed by atoms with Crippen LogP contribution in [0.1, 0.15) is 18.4 Å². The molecule has 0 radical (unpaired) electrons. The molecule has 0 fully saturated rings. The summed E-state index contributed by atoms with van der Waals surface area (Å²) in [5.41, 5.74) is 16.3. The van der Waals surface area contributed by atoms with E-state index in [0.29, 0.717) is 0 Å². The van der Waals surface area contributed by atoms with Gasteiger partial charge in [0.15, 0.2) is 0 Å². The monoisotopic (exact) mass is 728 g/mol. The molecule has 8 aromatic carbocycles. The first-order chi connectivity index (χ1) is 28.3. The van der Waals surface area contributed by atoms with E-state index in [1.54, 1.807) is 0 Å². The van der Waals surface area contributed by atoms with Gasteiger partial charge in [-0.3, -0.25) is 0 Å². The van der Waals surface area contributed by atoms with Crippen LogP contribution in [-0.4, -0.2) is 9.13 Å². The molecule has 0 amide bonds. The number of hydrogen-bond donors (Lipinski definition) is 0. The number of para-hydroxylation sites is 3. The van der Waals surface area contributed by atoms with Crippen molar-refractivity contribution in [1.29, 1.82) is 0 Å². The van der Waals surface area contributed by atoms with Gasteiger partial charge in [-0.05, 0) is 113 Å². The average Bonchev–Trinajstić information content (AvgIpc) is 3.94. The highest BCUT2D eigenvalue weighted by atomic mass is 16.3. The standard InChI is InChI=1S/C54H36N2O/c1-3-13-35(14-4-1)37-23-27-41(28-24-37)55-47-20-10-7-17-42(47)45-31-38(25-29-49(45)55)39-26-30-50-46(32-39)43-18-8-11-21-48(43)56(50)51-33-40(36-15-5-2-6-16-36)34-53-54(51)44-19-9-12-22-52(44)57-53/h1-5,7-15,17-34H,6,16H2. The van der Waals surface area contributed by atoms with Crippen molar-refractivity contribution in [3.8, 4) is 33.6 Å². The van der Waals surface area contributed by atoms with E-state index in [2.05, 4.69) is 203 Å². The van der Waals surface area contributed by atoms with E-state index in [1.807, 2.05) is 0 Å². The molecule has 1 aliphatic rings. The van der Waals surface area contributed by atoms with Crippen LogP contribution in [0.5, 0.6) is 0 Å². The lowest BCUT2D eigenvalue weighted by Gasteiger charge is -2.15. The lowest BCUT2D eigenvalue weighted by atomic mass is 9.95. The van der Waals surface area contributed by atoms with E-state index < -0.39 is 0 Å². The van der Waals surface area contributed by atoms with Crippen molar-refractivity contribution in [2.45, 2.75) is 12.8 Å². The predicted molar refractivity (Wildman–Crippen MR) is 240 cm³/mol. The molecule has 11 aromatic rings. The van der Waals surface area contributed by atoms with Gasteiger partial charge < -0.3 is 13.6 Å². The molecule has 0 saturated carbocycles. The number of allylic oxidation sites excluding steroid dienone is 4. The second-order valence-electron chi connectivity index (χ2n) is 15.2. The zero-order chi connectivity index (χ0) is 37.5. The first kappa shape index (κ1) is 31.9. The van der Waals surface area contributed by atoms with Crippen LogP contribution in [0.4, 0.5) is 0 Å². The van der Waals surface area contributed by atoms with Gasteiger partial charge in [-0.1, -0.05) is 127 Å². The molecule has 268 valence electrons. The molecule has 0 bridgehead atoms. The Morgan fingerprint density at radius 3 is 1.68 bits per heavy atom. The molecule has 0 spiro atoms. The van der Waals surface area contributed by atoms with Gasteiger partial charge in [-0.2, -0.15) is 0 Å². The maximum atomic E-state index is 6.58. The first-order valence-electron chi connectivity index (χ1n) is 19.8. The minimum absolute atomic E-state index is 0.910. The normalized spacial score (nSPS) is 13.2. The van der Waals surface area contributed by atoms with Gasteiger partial charge in [0.05, 0.1) is 33.1 Å². The van der Waals surface area contributed by atoms with Crippen LogP contribution < -0.4 is 0 Å². The van der Waals surface area contributed by atoms with Crippen LogP contribution in [0.25, 0.3) is 105 Å². The second-order valence-corrected chi connectivity index (χ2v) is 15.2. The molecule has 57 heavy (non-hydrogen) atoms. The molecule has 3 heteroatoms. The smallest absolute Gasteiger partial charge is 0.138 e. The summed E-state index contributed by atoms with van der Waals surface area (Å²) in [7, 11) is 0. The summed E-state index contributed by atoms with van der Waals surface area (Å²) >= 11 is 0. The molecule has 0 N–H and O–H groups in total. The number of fused-ring (bicyclic) bond motifs is 9. The largest absolute Gasteiger partial charge is 0.456 e.